The summed E-state index contributed by atoms with van der Waals surface area (Å²) in [7, 11) is 5.94. The van der Waals surface area contributed by atoms with Crippen molar-refractivity contribution in [2.75, 3.05) is 34.3 Å². The first kappa shape index (κ1) is 15.5. The topological polar surface area (TPSA) is 32.8 Å². The van der Waals surface area contributed by atoms with E-state index in [-0.39, 0.29) is 5.91 Å². The van der Waals surface area contributed by atoms with Gasteiger partial charge < -0.3 is 14.5 Å². The molecular formula is C18H26N2O2. The van der Waals surface area contributed by atoms with Gasteiger partial charge in [-0.2, -0.15) is 0 Å². The maximum atomic E-state index is 12.8. The van der Waals surface area contributed by atoms with E-state index in [9.17, 15) is 4.79 Å². The zero-order valence-electron chi connectivity index (χ0n) is 13.8. The molecule has 1 saturated carbocycles. The second-order valence-electron chi connectivity index (χ2n) is 6.88. The molecular weight excluding hydrogens is 276 g/mol. The highest BCUT2D eigenvalue weighted by atomic mass is 16.5. The van der Waals surface area contributed by atoms with Crippen LogP contribution in [0.5, 0.6) is 0 Å². The van der Waals surface area contributed by atoms with Gasteiger partial charge in [0.05, 0.1) is 6.61 Å². The smallest absolute Gasteiger partial charge is 0.253 e. The largest absolute Gasteiger partial charge is 0.380 e. The Balaban J connectivity index is 1.73. The molecule has 1 aromatic carbocycles. The second kappa shape index (κ2) is 6.39. The first-order valence-corrected chi connectivity index (χ1v) is 8.13. The molecule has 1 amide bonds. The normalized spacial score (nSPS) is 25.0. The molecule has 1 aliphatic carbocycles. The Morgan fingerprint density at radius 3 is 2.73 bits per heavy atom. The molecule has 0 N–H and O–H groups in total. The number of likely N-dealkylation sites (tertiary alicyclic amines) is 1. The van der Waals surface area contributed by atoms with Gasteiger partial charge >= 0.3 is 0 Å². The Kier molecular flexibility index (Phi) is 4.50. The van der Waals surface area contributed by atoms with E-state index in [0.717, 1.165) is 30.1 Å². The SMILES string of the molecule is COCc1cccc(C(=O)N2C[C@H](C3CC3)[C@@H](N(C)C)C2)c1. The third-order valence-corrected chi connectivity index (χ3v) is 5.00. The predicted molar refractivity (Wildman–Crippen MR) is 86.7 cm³/mol. The summed E-state index contributed by atoms with van der Waals surface area (Å²) in [4.78, 5) is 17.2. The lowest BCUT2D eigenvalue weighted by molar-refractivity contribution is 0.0780. The summed E-state index contributed by atoms with van der Waals surface area (Å²) in [5, 5.41) is 0. The minimum Gasteiger partial charge on any atom is -0.380 e. The lowest BCUT2D eigenvalue weighted by Crippen LogP contribution is -2.36. The van der Waals surface area contributed by atoms with Gasteiger partial charge in [-0.15, -0.1) is 0 Å². The number of amides is 1. The van der Waals surface area contributed by atoms with Gasteiger partial charge in [0.2, 0.25) is 0 Å². The molecule has 4 nitrogen and oxygen atoms in total. The van der Waals surface area contributed by atoms with Gasteiger partial charge in [0.1, 0.15) is 0 Å². The van der Waals surface area contributed by atoms with Gasteiger partial charge in [0, 0.05) is 31.8 Å². The van der Waals surface area contributed by atoms with Crippen LogP contribution in [-0.4, -0.2) is 56.0 Å². The van der Waals surface area contributed by atoms with E-state index in [2.05, 4.69) is 19.0 Å². The van der Waals surface area contributed by atoms with Crippen molar-refractivity contribution in [3.63, 3.8) is 0 Å². The number of hydrogen-bond acceptors (Lipinski definition) is 3. The van der Waals surface area contributed by atoms with Crippen LogP contribution in [0.15, 0.2) is 24.3 Å². The van der Waals surface area contributed by atoms with Crippen LogP contribution in [0.4, 0.5) is 0 Å². The molecule has 0 unspecified atom stereocenters. The van der Waals surface area contributed by atoms with Gasteiger partial charge in [-0.05, 0) is 56.5 Å². The monoisotopic (exact) mass is 302 g/mol. The van der Waals surface area contributed by atoms with E-state index in [1.807, 2.05) is 29.2 Å². The number of likely N-dealkylation sites (N-methyl/N-ethyl adjacent to an activating group) is 1. The van der Waals surface area contributed by atoms with Gasteiger partial charge in [0.25, 0.3) is 5.91 Å². The number of carbonyl (C=O) groups is 1. The Bertz CT molecular complexity index is 530. The Hall–Kier alpha value is -1.39. The third-order valence-electron chi connectivity index (χ3n) is 5.00. The van der Waals surface area contributed by atoms with Gasteiger partial charge in [0.15, 0.2) is 0 Å². The Morgan fingerprint density at radius 2 is 2.09 bits per heavy atom. The molecule has 1 aliphatic heterocycles. The van der Waals surface area contributed by atoms with Crippen LogP contribution in [-0.2, 0) is 11.3 Å². The molecule has 22 heavy (non-hydrogen) atoms. The summed E-state index contributed by atoms with van der Waals surface area (Å²) >= 11 is 0. The summed E-state index contributed by atoms with van der Waals surface area (Å²) in [6.07, 6.45) is 2.67. The van der Waals surface area contributed by atoms with E-state index >= 15 is 0 Å². The summed E-state index contributed by atoms with van der Waals surface area (Å²) in [5.41, 5.74) is 1.83. The van der Waals surface area contributed by atoms with Crippen LogP contribution in [0.2, 0.25) is 0 Å². The van der Waals surface area contributed by atoms with Crippen LogP contribution >= 0.6 is 0 Å². The van der Waals surface area contributed by atoms with E-state index in [1.165, 1.54) is 12.8 Å². The average Bonchev–Trinajstić information content (AvgIpc) is 3.25. The summed E-state index contributed by atoms with van der Waals surface area (Å²) in [5.74, 6) is 1.62. The predicted octanol–water partition coefficient (Wildman–Crippen LogP) is 2.25. The average molecular weight is 302 g/mol. The molecule has 2 aliphatic rings. The molecule has 0 radical (unpaired) electrons. The Labute approximate surface area is 133 Å². The molecule has 3 rings (SSSR count). The van der Waals surface area contributed by atoms with Gasteiger partial charge in [-0.3, -0.25) is 4.79 Å². The van der Waals surface area contributed by atoms with Crippen LogP contribution in [0.1, 0.15) is 28.8 Å². The molecule has 0 spiro atoms. The second-order valence-corrected chi connectivity index (χ2v) is 6.88. The fourth-order valence-corrected chi connectivity index (χ4v) is 3.65. The standard InChI is InChI=1S/C18H26N2O2/c1-19(2)17-11-20(10-16(17)14-7-8-14)18(21)15-6-4-5-13(9-15)12-22-3/h4-6,9,14,16-17H,7-8,10-12H2,1-3H3/t16-,17+/m1/s1. The maximum Gasteiger partial charge on any atom is 0.253 e. The number of nitrogens with zero attached hydrogens (tertiary/aromatic N) is 2. The number of methoxy groups -OCH3 is 1. The number of carbonyl (C=O) groups excluding carboxylic acids is 1. The van der Waals surface area contributed by atoms with E-state index in [4.69, 9.17) is 4.74 Å². The quantitative estimate of drug-likeness (QED) is 0.836. The number of ether oxygens (including phenoxy) is 1. The van der Waals surface area contributed by atoms with Crippen LogP contribution in [0, 0.1) is 11.8 Å². The molecule has 1 aromatic rings. The molecule has 0 aromatic heterocycles. The van der Waals surface area contributed by atoms with Gasteiger partial charge in [-0.25, -0.2) is 0 Å². The summed E-state index contributed by atoms with van der Waals surface area (Å²) < 4.78 is 5.16. The van der Waals surface area contributed by atoms with Crippen molar-refractivity contribution in [2.24, 2.45) is 11.8 Å². The zero-order chi connectivity index (χ0) is 15.7. The Morgan fingerprint density at radius 1 is 1.32 bits per heavy atom. The van der Waals surface area contributed by atoms with Crippen molar-refractivity contribution in [2.45, 2.75) is 25.5 Å². The highest BCUT2D eigenvalue weighted by Gasteiger charge is 2.44. The highest BCUT2D eigenvalue weighted by Crippen LogP contribution is 2.42. The highest BCUT2D eigenvalue weighted by molar-refractivity contribution is 5.94. The molecule has 2 atom stereocenters. The van der Waals surface area contributed by atoms with Crippen molar-refractivity contribution in [3.8, 4) is 0 Å². The zero-order valence-corrected chi connectivity index (χ0v) is 13.8. The first-order chi connectivity index (χ1) is 10.6. The van der Waals surface area contributed by atoms with Crippen molar-refractivity contribution in [1.29, 1.82) is 0 Å². The fraction of sp³-hybridized carbons (Fsp3) is 0.611. The minimum atomic E-state index is 0.160. The number of hydrogen-bond donors (Lipinski definition) is 0. The van der Waals surface area contributed by atoms with Crippen LogP contribution < -0.4 is 0 Å². The van der Waals surface area contributed by atoms with Crippen LogP contribution in [0.25, 0.3) is 0 Å². The van der Waals surface area contributed by atoms with Crippen LogP contribution in [0.3, 0.4) is 0 Å². The number of rotatable bonds is 5. The molecule has 0 bridgehead atoms. The summed E-state index contributed by atoms with van der Waals surface area (Å²) in [6, 6.07) is 8.32. The third kappa shape index (κ3) is 3.18. The minimum absolute atomic E-state index is 0.160. The molecule has 4 heteroatoms. The van der Waals surface area contributed by atoms with E-state index in [1.54, 1.807) is 7.11 Å². The van der Waals surface area contributed by atoms with Crippen molar-refractivity contribution in [3.05, 3.63) is 35.4 Å². The molecule has 1 heterocycles. The fourth-order valence-electron chi connectivity index (χ4n) is 3.65. The first-order valence-electron chi connectivity index (χ1n) is 8.13. The van der Waals surface area contributed by atoms with Crippen molar-refractivity contribution < 1.29 is 9.53 Å². The number of benzene rings is 1. The molecule has 2 fully saturated rings. The maximum absolute atomic E-state index is 12.8. The summed E-state index contributed by atoms with van der Waals surface area (Å²) in [6.45, 7) is 2.30. The van der Waals surface area contributed by atoms with Gasteiger partial charge in [-0.1, -0.05) is 12.1 Å². The molecule has 120 valence electrons. The van der Waals surface area contributed by atoms with Crippen molar-refractivity contribution >= 4 is 5.91 Å². The lowest BCUT2D eigenvalue weighted by atomic mass is 9.97. The van der Waals surface area contributed by atoms with E-state index in [0.29, 0.717) is 18.6 Å². The van der Waals surface area contributed by atoms with E-state index < -0.39 is 0 Å². The lowest BCUT2D eigenvalue weighted by Gasteiger charge is -2.24. The molecule has 1 saturated heterocycles. The van der Waals surface area contributed by atoms with Crippen molar-refractivity contribution in [1.82, 2.24) is 9.80 Å².